The van der Waals surface area contributed by atoms with Gasteiger partial charge in [-0.2, -0.15) is 23.6 Å². The van der Waals surface area contributed by atoms with Crippen molar-refractivity contribution in [2.75, 3.05) is 25.3 Å². The lowest BCUT2D eigenvalue weighted by atomic mass is 9.99. The van der Waals surface area contributed by atoms with E-state index in [1.54, 1.807) is 34.4 Å². The molecule has 0 saturated heterocycles. The number of hydrogen-bond acceptors (Lipinski definition) is 12. The highest BCUT2D eigenvalue weighted by Crippen LogP contribution is 2.41. The van der Waals surface area contributed by atoms with Crippen LogP contribution in [0.2, 0.25) is 0 Å². The Morgan fingerprint density at radius 2 is 0.959 bits per heavy atom. The smallest absolute Gasteiger partial charge is 0.333 e. The summed E-state index contributed by atoms with van der Waals surface area (Å²) >= 11 is 0. The molecule has 0 atom stereocenters. The van der Waals surface area contributed by atoms with Crippen molar-refractivity contribution in [3.63, 3.8) is 0 Å². The number of nitrogens with one attached hydrogen (secondary N) is 2. The van der Waals surface area contributed by atoms with E-state index in [0.717, 1.165) is 92.4 Å². The van der Waals surface area contributed by atoms with Gasteiger partial charge in [-0.05, 0) is 210 Å². The average molecular weight is 1040 g/mol. The Kier molecular flexibility index (Phi) is 15.6. The molecule has 0 fully saturated rings. The van der Waals surface area contributed by atoms with Gasteiger partial charge in [-0.15, -0.1) is 0 Å². The van der Waals surface area contributed by atoms with Crippen molar-refractivity contribution in [3.8, 4) is 0 Å². The molecule has 0 aliphatic heterocycles. The first-order chi connectivity index (χ1) is 34.6. The van der Waals surface area contributed by atoms with Crippen LogP contribution in [0.3, 0.4) is 0 Å². The Morgan fingerprint density at radius 3 is 1.34 bits per heavy atom. The molecule has 5 aromatic rings. The zero-order chi connectivity index (χ0) is 52.6. The predicted octanol–water partition coefficient (Wildman–Crippen LogP) is 7.62. The van der Waals surface area contributed by atoms with Gasteiger partial charge in [-0.3, -0.25) is 9.36 Å². The molecule has 0 radical (unpaired) electrons. The summed E-state index contributed by atoms with van der Waals surface area (Å²) in [4.78, 5) is 27.1. The van der Waals surface area contributed by atoms with Crippen molar-refractivity contribution >= 4 is 49.2 Å². The van der Waals surface area contributed by atoms with Gasteiger partial charge >= 0.3 is 6.03 Å². The number of nitrogen functional groups attached to an aromatic ring is 1. The van der Waals surface area contributed by atoms with E-state index in [9.17, 15) is 26.4 Å². The van der Waals surface area contributed by atoms with Crippen molar-refractivity contribution in [2.45, 2.75) is 165 Å². The summed E-state index contributed by atoms with van der Waals surface area (Å²) in [5.41, 5.74) is 25.3. The number of anilines is 2. The van der Waals surface area contributed by atoms with Crippen LogP contribution in [0.4, 0.5) is 21.9 Å². The number of sulfonamides is 2. The lowest BCUT2D eigenvalue weighted by Crippen LogP contribution is -2.35. The first-order valence-corrected chi connectivity index (χ1v) is 28.5. The standard InChI is InChI=1S/C21H28N4O4S.C13H13NO.C12H15N.C8H15N3O3S/c1-21(2,29-4)17-12-18(23-25(17)3)30(27,28)24-20(26)22-19-15-9-5-7-13(15)11-14-8-6-10-16(14)19;15-8-14-13-11-5-1-3-9(11)7-10-4-2-6-12(10)13;13-12-10-5-1-3-8(10)7-9-4-2-6-11(9)12;1-8(2,14-4)6-5-7(10-11(6)3)15(9,12)13/h11-12H,5-10H2,1-4H3,(H2,22,24,26);7H,1-6H2;7H,1-6,13H2;5H,1-4H3,(H2,9,12,13). The van der Waals surface area contributed by atoms with Gasteiger partial charge in [0.25, 0.3) is 20.0 Å². The number of aryl methyl sites for hydroxylation is 8. The maximum atomic E-state index is 12.8. The van der Waals surface area contributed by atoms with Crippen LogP contribution in [0, 0.1) is 0 Å². The van der Waals surface area contributed by atoms with Crippen LogP contribution >= 0.6 is 0 Å². The largest absolute Gasteiger partial charge is 0.398 e. The Morgan fingerprint density at radius 1 is 0.603 bits per heavy atom. The van der Waals surface area contributed by atoms with Crippen LogP contribution < -0.4 is 20.9 Å². The number of benzene rings is 3. The molecule has 73 heavy (non-hydrogen) atoms. The molecule has 0 bridgehead atoms. The lowest BCUT2D eigenvalue weighted by Gasteiger charge is -2.22. The van der Waals surface area contributed by atoms with E-state index in [1.165, 1.54) is 128 Å². The van der Waals surface area contributed by atoms with Gasteiger partial charge < -0.3 is 20.5 Å². The van der Waals surface area contributed by atoms with Crippen LogP contribution in [0.25, 0.3) is 0 Å². The normalized spacial score (nSPS) is 16.0. The number of ether oxygens (including phenoxy) is 2. The summed E-state index contributed by atoms with van der Waals surface area (Å²) < 4.78 is 63.4. The number of fused-ring (bicyclic) bond motifs is 6. The van der Waals surface area contributed by atoms with Gasteiger partial charge in [0.2, 0.25) is 6.08 Å². The number of rotatable bonds is 9. The molecule has 6 aliphatic rings. The van der Waals surface area contributed by atoms with Crippen LogP contribution in [0.1, 0.15) is 144 Å². The Labute approximate surface area is 430 Å². The zero-order valence-corrected chi connectivity index (χ0v) is 45.2. The van der Waals surface area contributed by atoms with Gasteiger partial charge in [0.15, 0.2) is 10.1 Å². The highest BCUT2D eigenvalue weighted by Gasteiger charge is 2.32. The van der Waals surface area contributed by atoms with Crippen LogP contribution in [0.15, 0.2) is 45.4 Å². The molecule has 2 heterocycles. The summed E-state index contributed by atoms with van der Waals surface area (Å²) in [5, 5.41) is 15.4. The maximum absolute atomic E-state index is 12.8. The average Bonchev–Trinajstić information content (AvgIpc) is 4.18. The molecule has 0 spiro atoms. The molecule has 2 aromatic heterocycles. The number of methoxy groups -OCH3 is 2. The summed E-state index contributed by atoms with van der Waals surface area (Å²) in [6, 6.07) is 9.10. The molecule has 6 N–H and O–H groups in total. The second-order valence-electron chi connectivity index (χ2n) is 20.9. The third-order valence-electron chi connectivity index (χ3n) is 15.6. The van der Waals surface area contributed by atoms with E-state index >= 15 is 0 Å². The monoisotopic (exact) mass is 1040 g/mol. The van der Waals surface area contributed by atoms with Gasteiger partial charge in [-0.25, -0.2) is 27.9 Å². The molecule has 2 amide bonds. The van der Waals surface area contributed by atoms with E-state index in [0.29, 0.717) is 11.4 Å². The Balaban J connectivity index is 0.000000139. The van der Waals surface area contributed by atoms with E-state index in [-0.39, 0.29) is 10.1 Å². The number of aliphatic imine (C=N–C) groups is 1. The molecule has 392 valence electrons. The second-order valence-corrected chi connectivity index (χ2v) is 24.1. The SMILES string of the molecule is COC(C)(C)c1cc(S(=O)(=O)NC(=O)Nc2c3c(cc4c2CCC4)CCC3)nn1C.COC(C)(C)c1cc(S(N)(=O)=O)nn1C.Nc1c2c(cc3c1CCC3)CCC2.O=C=Nc1c2c(cc3c1CCC3)CCC2. The van der Waals surface area contributed by atoms with E-state index < -0.39 is 37.3 Å². The number of isocyanates is 1. The van der Waals surface area contributed by atoms with Gasteiger partial charge in [0.1, 0.15) is 11.2 Å². The summed E-state index contributed by atoms with van der Waals surface area (Å²) in [5.74, 6) is 0. The summed E-state index contributed by atoms with van der Waals surface area (Å²) in [7, 11) is -1.51. The van der Waals surface area contributed by atoms with E-state index in [4.69, 9.17) is 20.3 Å². The second kappa shape index (κ2) is 21.3. The van der Waals surface area contributed by atoms with E-state index in [2.05, 4.69) is 43.4 Å². The third kappa shape index (κ3) is 11.2. The third-order valence-corrected chi connectivity index (χ3v) is 17.6. The molecule has 17 nitrogen and oxygen atoms in total. The lowest BCUT2D eigenvalue weighted by molar-refractivity contribution is 0.0121. The molecule has 0 unspecified atom stereocenters. The van der Waals surface area contributed by atoms with Crippen LogP contribution in [0.5, 0.6) is 0 Å². The quantitative estimate of drug-likeness (QED) is 0.0636. The minimum absolute atomic E-state index is 0.148. The van der Waals surface area contributed by atoms with E-state index in [1.807, 2.05) is 27.7 Å². The number of nitrogens with two attached hydrogens (primary N) is 2. The zero-order valence-electron chi connectivity index (χ0n) is 43.6. The first-order valence-electron chi connectivity index (χ1n) is 25.5. The van der Waals surface area contributed by atoms with Crippen LogP contribution in [-0.4, -0.2) is 62.7 Å². The topological polar surface area (TPSA) is 245 Å². The number of urea groups is 1. The number of nitrogens with zero attached hydrogens (tertiary/aromatic N) is 5. The Hall–Kier alpha value is -5.69. The Bertz CT molecular complexity index is 3140. The van der Waals surface area contributed by atoms with Crippen molar-refractivity contribution in [1.82, 2.24) is 24.3 Å². The van der Waals surface area contributed by atoms with Crippen molar-refractivity contribution < 1.29 is 35.9 Å². The van der Waals surface area contributed by atoms with Crippen LogP contribution in [-0.2, 0) is 137 Å². The molecule has 3 aromatic carbocycles. The van der Waals surface area contributed by atoms with Gasteiger partial charge in [-0.1, -0.05) is 18.2 Å². The molecule has 6 aliphatic carbocycles. The molecular formula is C54H71N9O8S2. The fourth-order valence-corrected chi connectivity index (χ4v) is 13.0. The minimum Gasteiger partial charge on any atom is -0.398 e. The molecular weight excluding hydrogens is 967 g/mol. The highest BCUT2D eigenvalue weighted by molar-refractivity contribution is 7.90. The molecule has 0 saturated carbocycles. The van der Waals surface area contributed by atoms with Crippen molar-refractivity contribution in [3.05, 3.63) is 108 Å². The van der Waals surface area contributed by atoms with Gasteiger partial charge in [0, 0.05) is 51.8 Å². The number of carbonyl (C=O) groups is 1. The van der Waals surface area contributed by atoms with Crippen molar-refractivity contribution in [1.29, 1.82) is 0 Å². The molecule has 19 heteroatoms. The fraction of sp³-hybridized carbons (Fsp3) is 0.519. The number of carbonyl (C=O) groups excluding carboxylic acids is 2. The number of primary sulfonamides is 1. The maximum Gasteiger partial charge on any atom is 0.333 e. The molecule has 11 rings (SSSR count). The first kappa shape index (κ1) is 53.6. The highest BCUT2D eigenvalue weighted by atomic mass is 32.2. The number of hydrogen-bond donors (Lipinski definition) is 4. The predicted molar refractivity (Wildman–Crippen MR) is 281 cm³/mol. The number of aromatic nitrogens is 4. The number of amides is 2. The minimum atomic E-state index is -4.13. The fourth-order valence-electron chi connectivity index (χ4n) is 11.6. The van der Waals surface area contributed by atoms with Crippen molar-refractivity contribution in [2.24, 2.45) is 24.2 Å². The summed E-state index contributed by atoms with van der Waals surface area (Å²) in [6.07, 6.45) is 22.1. The summed E-state index contributed by atoms with van der Waals surface area (Å²) in [6.45, 7) is 7.27. The van der Waals surface area contributed by atoms with Gasteiger partial charge in [0.05, 0.1) is 17.1 Å².